The van der Waals surface area contributed by atoms with Crippen molar-refractivity contribution in [3.63, 3.8) is 0 Å². The summed E-state index contributed by atoms with van der Waals surface area (Å²) in [5.41, 5.74) is 0. The number of rotatable bonds is 6. The number of alkyl halides is 1. The van der Waals surface area contributed by atoms with E-state index in [1.807, 2.05) is 5.38 Å². The van der Waals surface area contributed by atoms with Gasteiger partial charge in [0.05, 0.1) is 12.3 Å². The van der Waals surface area contributed by atoms with E-state index in [0.717, 1.165) is 5.01 Å². The Morgan fingerprint density at radius 3 is 2.93 bits per heavy atom. The first-order chi connectivity index (χ1) is 6.64. The smallest absolute Gasteiger partial charge is 0.212 e. The summed E-state index contributed by atoms with van der Waals surface area (Å²) in [5.74, 6) is 0.431. The standard InChI is InChI=1S/C7H11ClN2O2S2/c8-2-1-5-14(11,12)10-6-7-9-3-4-13-7/h3-4,10H,1-2,5-6H2. The summed E-state index contributed by atoms with van der Waals surface area (Å²) in [6.45, 7) is 0.266. The highest BCUT2D eigenvalue weighted by Gasteiger charge is 2.09. The molecule has 0 atom stereocenters. The van der Waals surface area contributed by atoms with E-state index in [1.54, 1.807) is 6.20 Å². The predicted octanol–water partition coefficient (Wildman–Crippen LogP) is 1.19. The molecule has 0 aromatic carbocycles. The van der Waals surface area contributed by atoms with Crippen molar-refractivity contribution in [3.05, 3.63) is 16.6 Å². The molecule has 1 rings (SSSR count). The first-order valence-electron chi connectivity index (χ1n) is 4.06. The number of hydrogen-bond acceptors (Lipinski definition) is 4. The fourth-order valence-corrected chi connectivity index (χ4v) is 2.79. The monoisotopic (exact) mass is 254 g/mol. The molecule has 0 saturated heterocycles. The predicted molar refractivity (Wildman–Crippen MR) is 58.1 cm³/mol. The zero-order valence-corrected chi connectivity index (χ0v) is 9.83. The molecule has 0 saturated carbocycles. The van der Waals surface area contributed by atoms with Gasteiger partial charge in [0.15, 0.2) is 0 Å². The average Bonchev–Trinajstić information content (AvgIpc) is 2.64. The SMILES string of the molecule is O=S(=O)(CCCCl)NCc1nccs1. The van der Waals surface area contributed by atoms with Gasteiger partial charge in [0.25, 0.3) is 0 Å². The molecule has 7 heteroatoms. The third-order valence-electron chi connectivity index (χ3n) is 1.47. The van der Waals surface area contributed by atoms with Gasteiger partial charge in [-0.15, -0.1) is 22.9 Å². The Kier molecular flexibility index (Phi) is 4.80. The Balaban J connectivity index is 2.37. The lowest BCUT2D eigenvalue weighted by Gasteiger charge is -2.02. The maximum absolute atomic E-state index is 11.3. The van der Waals surface area contributed by atoms with Crippen LogP contribution in [0.1, 0.15) is 11.4 Å². The number of nitrogens with one attached hydrogen (secondary N) is 1. The van der Waals surface area contributed by atoms with Gasteiger partial charge in [-0.2, -0.15) is 0 Å². The summed E-state index contributed by atoms with van der Waals surface area (Å²) in [6.07, 6.45) is 2.11. The van der Waals surface area contributed by atoms with Crippen molar-refractivity contribution in [1.29, 1.82) is 0 Å². The number of thiazole rings is 1. The zero-order chi connectivity index (χ0) is 10.4. The fraction of sp³-hybridized carbons (Fsp3) is 0.571. The van der Waals surface area contributed by atoms with E-state index in [9.17, 15) is 8.42 Å². The van der Waals surface area contributed by atoms with Crippen LogP contribution in [0.4, 0.5) is 0 Å². The summed E-state index contributed by atoms with van der Waals surface area (Å²) in [4.78, 5) is 3.97. The largest absolute Gasteiger partial charge is 0.248 e. The summed E-state index contributed by atoms with van der Waals surface area (Å²) < 4.78 is 25.0. The van der Waals surface area contributed by atoms with Crippen LogP contribution < -0.4 is 4.72 Å². The van der Waals surface area contributed by atoms with Crippen LogP contribution in [0.15, 0.2) is 11.6 Å². The van der Waals surface area contributed by atoms with Crippen LogP contribution in [-0.2, 0) is 16.6 Å². The minimum Gasteiger partial charge on any atom is -0.248 e. The minimum absolute atomic E-state index is 0.0713. The molecule has 0 unspecified atom stereocenters. The maximum Gasteiger partial charge on any atom is 0.212 e. The molecule has 0 aliphatic carbocycles. The number of aromatic nitrogens is 1. The Labute approximate surface area is 92.4 Å². The van der Waals surface area contributed by atoms with Crippen LogP contribution in [0.5, 0.6) is 0 Å². The first-order valence-corrected chi connectivity index (χ1v) is 7.12. The van der Waals surface area contributed by atoms with Crippen LogP contribution in [0.25, 0.3) is 0 Å². The first kappa shape index (κ1) is 11.9. The van der Waals surface area contributed by atoms with E-state index < -0.39 is 10.0 Å². The van der Waals surface area contributed by atoms with Gasteiger partial charge in [0.2, 0.25) is 10.0 Å². The Bertz CT molecular complexity index is 350. The maximum atomic E-state index is 11.3. The lowest BCUT2D eigenvalue weighted by atomic mass is 10.6. The van der Waals surface area contributed by atoms with E-state index in [2.05, 4.69) is 9.71 Å². The van der Waals surface area contributed by atoms with Crippen molar-refractivity contribution in [2.24, 2.45) is 0 Å². The molecular formula is C7H11ClN2O2S2. The van der Waals surface area contributed by atoms with Gasteiger partial charge >= 0.3 is 0 Å². The highest BCUT2D eigenvalue weighted by Crippen LogP contribution is 2.03. The van der Waals surface area contributed by atoms with Crippen molar-refractivity contribution < 1.29 is 8.42 Å². The highest BCUT2D eigenvalue weighted by atomic mass is 35.5. The molecule has 1 aromatic heterocycles. The molecule has 1 aromatic rings. The Hall–Kier alpha value is -0.170. The highest BCUT2D eigenvalue weighted by molar-refractivity contribution is 7.89. The Morgan fingerprint density at radius 2 is 2.36 bits per heavy atom. The van der Waals surface area contributed by atoms with Crippen LogP contribution in [0.3, 0.4) is 0 Å². The molecule has 80 valence electrons. The van der Waals surface area contributed by atoms with Gasteiger partial charge in [-0.3, -0.25) is 0 Å². The van der Waals surface area contributed by atoms with Crippen LogP contribution in [0.2, 0.25) is 0 Å². The van der Waals surface area contributed by atoms with Crippen molar-refractivity contribution >= 4 is 33.0 Å². The third-order valence-corrected chi connectivity index (χ3v) is 3.93. The van der Waals surface area contributed by atoms with Gasteiger partial charge in [0.1, 0.15) is 5.01 Å². The molecule has 1 heterocycles. The normalized spacial score (nSPS) is 11.8. The third kappa shape index (κ3) is 4.36. The molecule has 0 fully saturated rings. The number of nitrogens with zero attached hydrogens (tertiary/aromatic N) is 1. The van der Waals surface area contributed by atoms with Crippen molar-refractivity contribution in [2.45, 2.75) is 13.0 Å². The van der Waals surface area contributed by atoms with Crippen LogP contribution in [-0.4, -0.2) is 25.0 Å². The summed E-state index contributed by atoms with van der Waals surface area (Å²) in [5, 5.41) is 2.57. The van der Waals surface area contributed by atoms with Crippen LogP contribution in [0, 0.1) is 0 Å². The van der Waals surface area contributed by atoms with E-state index >= 15 is 0 Å². The lowest BCUT2D eigenvalue weighted by Crippen LogP contribution is -2.26. The topological polar surface area (TPSA) is 59.1 Å². The van der Waals surface area contributed by atoms with E-state index in [4.69, 9.17) is 11.6 Å². The fourth-order valence-electron chi connectivity index (χ4n) is 0.829. The van der Waals surface area contributed by atoms with Crippen LogP contribution >= 0.6 is 22.9 Å². The van der Waals surface area contributed by atoms with Crippen molar-refractivity contribution in [1.82, 2.24) is 9.71 Å². The summed E-state index contributed by atoms with van der Waals surface area (Å²) in [7, 11) is -3.19. The molecule has 0 radical (unpaired) electrons. The Morgan fingerprint density at radius 1 is 1.57 bits per heavy atom. The molecule has 1 N–H and O–H groups in total. The van der Waals surface area contributed by atoms with Gasteiger partial charge < -0.3 is 0 Å². The van der Waals surface area contributed by atoms with Gasteiger partial charge in [-0.25, -0.2) is 18.1 Å². The van der Waals surface area contributed by atoms with Gasteiger partial charge in [0, 0.05) is 17.5 Å². The van der Waals surface area contributed by atoms with E-state index in [0.29, 0.717) is 12.3 Å². The zero-order valence-electron chi connectivity index (χ0n) is 7.44. The molecule has 14 heavy (non-hydrogen) atoms. The molecule has 0 spiro atoms. The molecule has 0 aliphatic heterocycles. The van der Waals surface area contributed by atoms with Gasteiger partial charge in [-0.05, 0) is 6.42 Å². The minimum atomic E-state index is -3.19. The average molecular weight is 255 g/mol. The second-order valence-corrected chi connectivity index (χ2v) is 5.89. The summed E-state index contributed by atoms with van der Waals surface area (Å²) >= 11 is 6.83. The second kappa shape index (κ2) is 5.65. The molecule has 4 nitrogen and oxygen atoms in total. The number of halogens is 1. The quantitative estimate of drug-likeness (QED) is 0.776. The molecular weight excluding hydrogens is 244 g/mol. The van der Waals surface area contributed by atoms with Crippen molar-refractivity contribution in [3.8, 4) is 0 Å². The van der Waals surface area contributed by atoms with E-state index in [1.165, 1.54) is 11.3 Å². The number of hydrogen-bond donors (Lipinski definition) is 1. The molecule has 0 aliphatic rings. The lowest BCUT2D eigenvalue weighted by molar-refractivity contribution is 0.580. The van der Waals surface area contributed by atoms with Gasteiger partial charge in [-0.1, -0.05) is 0 Å². The molecule has 0 bridgehead atoms. The number of sulfonamides is 1. The second-order valence-electron chi connectivity index (χ2n) is 2.61. The van der Waals surface area contributed by atoms with E-state index in [-0.39, 0.29) is 12.3 Å². The summed E-state index contributed by atoms with van der Waals surface area (Å²) in [6, 6.07) is 0. The molecule has 0 amide bonds. The van der Waals surface area contributed by atoms with Crippen molar-refractivity contribution in [2.75, 3.05) is 11.6 Å².